The number of para-hydroxylation sites is 1. The van der Waals surface area contributed by atoms with Gasteiger partial charge in [-0.1, -0.05) is 53.0 Å². The lowest BCUT2D eigenvalue weighted by Crippen LogP contribution is -2.07. The Labute approximate surface area is 136 Å². The van der Waals surface area contributed by atoms with Crippen molar-refractivity contribution in [1.82, 2.24) is 0 Å². The minimum atomic E-state index is -0.387. The number of hydrogen-bond acceptors (Lipinski definition) is 3. The van der Waals surface area contributed by atoms with Gasteiger partial charge in [-0.2, -0.15) is 0 Å². The SMILES string of the molecule is O=[N+]([O-])c1ccccc1CCNc1cc(Cl)c(Cl)cc1Cl. The molecule has 2 aromatic carbocycles. The van der Waals surface area contributed by atoms with E-state index in [1.807, 2.05) is 0 Å². The Kier molecular flexibility index (Phi) is 5.28. The number of benzene rings is 2. The standard InChI is InChI=1S/C14H11Cl3N2O2/c15-10-7-12(17)13(8-11(10)16)18-6-5-9-3-1-2-4-14(9)19(20)21/h1-4,7-8,18H,5-6H2. The molecule has 0 heterocycles. The normalized spacial score (nSPS) is 10.4. The van der Waals surface area contributed by atoms with Gasteiger partial charge in [0.15, 0.2) is 0 Å². The van der Waals surface area contributed by atoms with Crippen LogP contribution in [-0.2, 0) is 6.42 Å². The van der Waals surface area contributed by atoms with Crippen LogP contribution in [0.1, 0.15) is 5.56 Å². The summed E-state index contributed by atoms with van der Waals surface area (Å²) in [4.78, 5) is 10.5. The molecule has 0 amide bonds. The molecule has 0 aliphatic carbocycles. The van der Waals surface area contributed by atoms with Gasteiger partial charge in [0.25, 0.3) is 5.69 Å². The molecule has 0 spiro atoms. The highest BCUT2D eigenvalue weighted by Gasteiger charge is 2.12. The van der Waals surface area contributed by atoms with Crippen molar-refractivity contribution in [2.24, 2.45) is 0 Å². The van der Waals surface area contributed by atoms with Crippen LogP contribution in [0, 0.1) is 10.1 Å². The van der Waals surface area contributed by atoms with Gasteiger partial charge in [0.1, 0.15) is 0 Å². The predicted molar refractivity (Wildman–Crippen MR) is 86.8 cm³/mol. The van der Waals surface area contributed by atoms with Crippen LogP contribution in [0.25, 0.3) is 0 Å². The average molecular weight is 346 g/mol. The van der Waals surface area contributed by atoms with Gasteiger partial charge in [-0.05, 0) is 18.6 Å². The molecule has 2 rings (SSSR count). The van der Waals surface area contributed by atoms with Crippen LogP contribution in [0.15, 0.2) is 36.4 Å². The molecule has 4 nitrogen and oxygen atoms in total. The highest BCUT2D eigenvalue weighted by Crippen LogP contribution is 2.32. The zero-order chi connectivity index (χ0) is 15.4. The number of halogens is 3. The van der Waals surface area contributed by atoms with Gasteiger partial charge in [0.05, 0.1) is 25.7 Å². The molecule has 0 unspecified atom stereocenters. The molecular weight excluding hydrogens is 335 g/mol. The summed E-state index contributed by atoms with van der Waals surface area (Å²) in [6.07, 6.45) is 0.494. The van der Waals surface area contributed by atoms with E-state index in [-0.39, 0.29) is 10.6 Å². The van der Waals surface area contributed by atoms with Crippen molar-refractivity contribution in [3.05, 3.63) is 67.1 Å². The molecule has 0 aliphatic heterocycles. The summed E-state index contributed by atoms with van der Waals surface area (Å²) in [5.41, 5.74) is 1.41. The zero-order valence-corrected chi connectivity index (χ0v) is 13.0. The number of nitro benzene ring substituents is 1. The van der Waals surface area contributed by atoms with E-state index in [9.17, 15) is 10.1 Å². The molecule has 0 fully saturated rings. The summed E-state index contributed by atoms with van der Waals surface area (Å²) in [7, 11) is 0. The molecule has 0 saturated carbocycles. The van der Waals surface area contributed by atoms with E-state index in [1.54, 1.807) is 30.3 Å². The Balaban J connectivity index is 2.06. The highest BCUT2D eigenvalue weighted by atomic mass is 35.5. The quantitative estimate of drug-likeness (QED) is 0.460. The molecular formula is C14H11Cl3N2O2. The molecule has 110 valence electrons. The number of hydrogen-bond donors (Lipinski definition) is 1. The largest absolute Gasteiger partial charge is 0.383 e. The molecule has 1 N–H and O–H groups in total. The molecule has 0 atom stereocenters. The summed E-state index contributed by atoms with van der Waals surface area (Å²) in [6.45, 7) is 0.489. The van der Waals surface area contributed by atoms with E-state index in [1.165, 1.54) is 6.07 Å². The van der Waals surface area contributed by atoms with Crippen molar-refractivity contribution in [1.29, 1.82) is 0 Å². The Bertz CT molecular complexity index is 677. The van der Waals surface area contributed by atoms with Gasteiger partial charge in [0, 0.05) is 18.2 Å². The summed E-state index contributed by atoms with van der Waals surface area (Å²) in [5.74, 6) is 0. The van der Waals surface area contributed by atoms with E-state index in [0.717, 1.165) is 0 Å². The fourth-order valence-electron chi connectivity index (χ4n) is 1.89. The van der Waals surface area contributed by atoms with Crippen LogP contribution in [0.4, 0.5) is 11.4 Å². The maximum atomic E-state index is 10.9. The van der Waals surface area contributed by atoms with Gasteiger partial charge >= 0.3 is 0 Å². The first-order valence-corrected chi connectivity index (χ1v) is 7.23. The van der Waals surface area contributed by atoms with Gasteiger partial charge in [-0.15, -0.1) is 0 Å². The van der Waals surface area contributed by atoms with E-state index in [4.69, 9.17) is 34.8 Å². The second kappa shape index (κ2) is 6.98. The van der Waals surface area contributed by atoms with Crippen molar-refractivity contribution in [2.75, 3.05) is 11.9 Å². The third-order valence-corrected chi connectivity index (χ3v) is 3.94. The van der Waals surface area contributed by atoms with Crippen molar-refractivity contribution < 1.29 is 4.92 Å². The Morgan fingerprint density at radius 2 is 1.71 bits per heavy atom. The molecule has 0 aromatic heterocycles. The summed E-state index contributed by atoms with van der Waals surface area (Å²) in [5, 5.41) is 15.2. The lowest BCUT2D eigenvalue weighted by Gasteiger charge is -2.10. The van der Waals surface area contributed by atoms with E-state index >= 15 is 0 Å². The minimum Gasteiger partial charge on any atom is -0.383 e. The van der Waals surface area contributed by atoms with Crippen LogP contribution in [0.2, 0.25) is 15.1 Å². The molecule has 2 aromatic rings. The lowest BCUT2D eigenvalue weighted by molar-refractivity contribution is -0.385. The number of nitrogens with zero attached hydrogens (tertiary/aromatic N) is 1. The van der Waals surface area contributed by atoms with E-state index in [0.29, 0.717) is 39.3 Å². The van der Waals surface area contributed by atoms with E-state index in [2.05, 4.69) is 5.32 Å². The number of anilines is 1. The first kappa shape index (κ1) is 15.9. The number of nitrogens with one attached hydrogen (secondary N) is 1. The fraction of sp³-hybridized carbons (Fsp3) is 0.143. The maximum absolute atomic E-state index is 10.9. The Hall–Kier alpha value is -1.49. The summed E-state index contributed by atoms with van der Waals surface area (Å²) < 4.78 is 0. The minimum absolute atomic E-state index is 0.111. The first-order chi connectivity index (χ1) is 9.99. The lowest BCUT2D eigenvalue weighted by atomic mass is 10.1. The van der Waals surface area contributed by atoms with Gasteiger partial charge in [-0.3, -0.25) is 10.1 Å². The predicted octanol–water partition coefficient (Wildman–Crippen LogP) is 5.21. The van der Waals surface area contributed by atoms with Crippen LogP contribution in [0.5, 0.6) is 0 Å². The summed E-state index contributed by atoms with van der Waals surface area (Å²) >= 11 is 17.8. The number of nitro groups is 1. The number of rotatable bonds is 5. The van der Waals surface area contributed by atoms with Crippen LogP contribution < -0.4 is 5.32 Å². The third kappa shape index (κ3) is 4.00. The molecule has 0 aliphatic rings. The summed E-state index contributed by atoms with van der Waals surface area (Å²) in [6, 6.07) is 9.82. The second-order valence-electron chi connectivity index (χ2n) is 4.31. The maximum Gasteiger partial charge on any atom is 0.272 e. The molecule has 21 heavy (non-hydrogen) atoms. The van der Waals surface area contributed by atoms with Crippen LogP contribution in [0.3, 0.4) is 0 Å². The molecule has 0 bridgehead atoms. The van der Waals surface area contributed by atoms with Gasteiger partial charge in [0.2, 0.25) is 0 Å². The van der Waals surface area contributed by atoms with Crippen molar-refractivity contribution in [2.45, 2.75) is 6.42 Å². The fourth-order valence-corrected chi connectivity index (χ4v) is 2.50. The molecule has 7 heteroatoms. The monoisotopic (exact) mass is 344 g/mol. The second-order valence-corrected chi connectivity index (χ2v) is 5.53. The van der Waals surface area contributed by atoms with E-state index < -0.39 is 0 Å². The van der Waals surface area contributed by atoms with Gasteiger partial charge < -0.3 is 5.32 Å². The smallest absolute Gasteiger partial charge is 0.272 e. The zero-order valence-electron chi connectivity index (χ0n) is 10.8. The topological polar surface area (TPSA) is 55.2 Å². The Morgan fingerprint density at radius 3 is 2.43 bits per heavy atom. The highest BCUT2D eigenvalue weighted by molar-refractivity contribution is 6.44. The van der Waals surface area contributed by atoms with Crippen molar-refractivity contribution >= 4 is 46.2 Å². The van der Waals surface area contributed by atoms with Crippen molar-refractivity contribution in [3.8, 4) is 0 Å². The third-order valence-electron chi connectivity index (χ3n) is 2.91. The first-order valence-electron chi connectivity index (χ1n) is 6.09. The Morgan fingerprint density at radius 1 is 1.05 bits per heavy atom. The molecule has 0 radical (unpaired) electrons. The molecule has 0 saturated heterocycles. The van der Waals surface area contributed by atoms with Crippen molar-refractivity contribution in [3.63, 3.8) is 0 Å². The van der Waals surface area contributed by atoms with Gasteiger partial charge in [-0.25, -0.2) is 0 Å². The van der Waals surface area contributed by atoms with Crippen LogP contribution >= 0.6 is 34.8 Å². The van der Waals surface area contributed by atoms with Crippen LogP contribution in [-0.4, -0.2) is 11.5 Å². The average Bonchev–Trinajstić information content (AvgIpc) is 2.44.